The lowest BCUT2D eigenvalue weighted by molar-refractivity contribution is -0.148. The topological polar surface area (TPSA) is 63.6 Å². The highest BCUT2D eigenvalue weighted by Gasteiger charge is 2.14. The molecule has 0 aliphatic carbocycles. The molecule has 5 heteroatoms. The van der Waals surface area contributed by atoms with E-state index in [2.05, 4.69) is 6.92 Å². The van der Waals surface area contributed by atoms with Crippen molar-refractivity contribution < 1.29 is 18.3 Å². The average molecular weight is 236 g/mol. The van der Waals surface area contributed by atoms with Crippen LogP contribution < -0.4 is 0 Å². The maximum absolute atomic E-state index is 11.3. The molecule has 1 N–H and O–H groups in total. The fraction of sp³-hybridized carbons (Fsp3) is 0.900. The van der Waals surface area contributed by atoms with Gasteiger partial charge in [-0.3, -0.25) is 4.79 Å². The minimum atomic E-state index is -1.82. The summed E-state index contributed by atoms with van der Waals surface area (Å²) in [6.07, 6.45) is 3.44. The van der Waals surface area contributed by atoms with Crippen molar-refractivity contribution in [1.82, 2.24) is 0 Å². The molecule has 0 heterocycles. The van der Waals surface area contributed by atoms with Gasteiger partial charge >= 0.3 is 5.97 Å². The van der Waals surface area contributed by atoms with E-state index in [1.807, 2.05) is 0 Å². The number of carbonyl (C=O) groups is 1. The van der Waals surface area contributed by atoms with E-state index in [-0.39, 0.29) is 17.6 Å². The summed E-state index contributed by atoms with van der Waals surface area (Å²) >= 11 is -1.82. The van der Waals surface area contributed by atoms with Crippen LogP contribution in [-0.4, -0.2) is 27.1 Å². The number of carbonyl (C=O) groups excluding carboxylic acids is 1. The lowest BCUT2D eigenvalue weighted by Crippen LogP contribution is -2.17. The van der Waals surface area contributed by atoms with Crippen molar-refractivity contribution in [2.45, 2.75) is 39.5 Å². The number of esters is 1. The highest BCUT2D eigenvalue weighted by molar-refractivity contribution is 7.79. The van der Waals surface area contributed by atoms with Crippen molar-refractivity contribution in [1.29, 1.82) is 0 Å². The van der Waals surface area contributed by atoms with Gasteiger partial charge in [0.15, 0.2) is 11.1 Å². The van der Waals surface area contributed by atoms with Crippen LogP contribution in [0.15, 0.2) is 0 Å². The zero-order valence-corrected chi connectivity index (χ0v) is 10.2. The predicted molar refractivity (Wildman–Crippen MR) is 59.9 cm³/mol. The summed E-state index contributed by atoms with van der Waals surface area (Å²) in [7, 11) is 0. The molecule has 0 amide bonds. The third-order valence-corrected chi connectivity index (χ3v) is 2.71. The van der Waals surface area contributed by atoms with Gasteiger partial charge in [-0.2, -0.15) is 0 Å². The average Bonchev–Trinajstić information content (AvgIpc) is 2.20. The maximum Gasteiger partial charge on any atom is 0.308 e. The molecule has 2 atom stereocenters. The molecule has 90 valence electrons. The Labute approximate surface area is 93.7 Å². The highest BCUT2D eigenvalue weighted by Crippen LogP contribution is 2.06. The predicted octanol–water partition coefficient (Wildman–Crippen LogP) is 1.97. The molecular weight excluding hydrogens is 216 g/mol. The van der Waals surface area contributed by atoms with E-state index in [9.17, 15) is 9.00 Å². The standard InChI is InChI=1S/C10H20O4S/c1-3-4-5-7-14-10(11)9(2)6-8-15(12)13/h9H,3-8H2,1-2H3,(H,12,13). The molecule has 0 saturated heterocycles. The largest absolute Gasteiger partial charge is 0.465 e. The second kappa shape index (κ2) is 8.85. The minimum Gasteiger partial charge on any atom is -0.465 e. The van der Waals surface area contributed by atoms with E-state index < -0.39 is 11.1 Å². The van der Waals surface area contributed by atoms with Crippen LogP contribution in [0.4, 0.5) is 0 Å². The maximum atomic E-state index is 11.3. The van der Waals surface area contributed by atoms with Gasteiger partial charge in [-0.05, 0) is 12.8 Å². The van der Waals surface area contributed by atoms with E-state index in [0.717, 1.165) is 19.3 Å². The first-order chi connectivity index (χ1) is 7.07. The first-order valence-electron chi connectivity index (χ1n) is 5.32. The van der Waals surface area contributed by atoms with Gasteiger partial charge in [-0.15, -0.1) is 0 Å². The summed E-state index contributed by atoms with van der Waals surface area (Å²) in [5.41, 5.74) is 0. The Morgan fingerprint density at radius 3 is 2.67 bits per heavy atom. The van der Waals surface area contributed by atoms with Gasteiger partial charge in [-0.25, -0.2) is 4.21 Å². The molecule has 15 heavy (non-hydrogen) atoms. The molecule has 0 fully saturated rings. The second-order valence-electron chi connectivity index (χ2n) is 3.59. The van der Waals surface area contributed by atoms with Crippen LogP contribution in [0.1, 0.15) is 39.5 Å². The van der Waals surface area contributed by atoms with Crippen LogP contribution in [0.5, 0.6) is 0 Å². The number of rotatable bonds is 8. The highest BCUT2D eigenvalue weighted by atomic mass is 32.2. The lowest BCUT2D eigenvalue weighted by atomic mass is 10.1. The Kier molecular flexibility index (Phi) is 8.61. The molecule has 0 spiro atoms. The number of ether oxygens (including phenoxy) is 1. The Morgan fingerprint density at radius 1 is 1.47 bits per heavy atom. The van der Waals surface area contributed by atoms with Crippen LogP contribution >= 0.6 is 0 Å². The van der Waals surface area contributed by atoms with Crippen molar-refractivity contribution in [3.63, 3.8) is 0 Å². The van der Waals surface area contributed by atoms with Gasteiger partial charge in [-0.1, -0.05) is 26.7 Å². The van der Waals surface area contributed by atoms with Crippen LogP contribution in [0.3, 0.4) is 0 Å². The summed E-state index contributed by atoms with van der Waals surface area (Å²) in [6, 6.07) is 0. The molecule has 0 aliphatic rings. The molecular formula is C10H20O4S. The van der Waals surface area contributed by atoms with Crippen LogP contribution in [0.2, 0.25) is 0 Å². The molecule has 0 saturated carbocycles. The lowest BCUT2D eigenvalue weighted by Gasteiger charge is -2.09. The number of hydrogen-bond acceptors (Lipinski definition) is 3. The van der Waals surface area contributed by atoms with Crippen LogP contribution in [0.25, 0.3) is 0 Å². The monoisotopic (exact) mass is 236 g/mol. The van der Waals surface area contributed by atoms with E-state index in [1.165, 1.54) is 0 Å². The number of hydrogen-bond donors (Lipinski definition) is 1. The molecule has 0 rings (SSSR count). The van der Waals surface area contributed by atoms with Crippen molar-refractivity contribution in [2.24, 2.45) is 5.92 Å². The number of unbranched alkanes of at least 4 members (excludes halogenated alkanes) is 2. The molecule has 0 aromatic heterocycles. The van der Waals surface area contributed by atoms with E-state index >= 15 is 0 Å². The fourth-order valence-corrected chi connectivity index (χ4v) is 1.62. The molecule has 2 unspecified atom stereocenters. The van der Waals surface area contributed by atoms with E-state index in [0.29, 0.717) is 13.0 Å². The van der Waals surface area contributed by atoms with Crippen LogP contribution in [-0.2, 0) is 20.6 Å². The summed E-state index contributed by atoms with van der Waals surface area (Å²) in [6.45, 7) is 4.26. The summed E-state index contributed by atoms with van der Waals surface area (Å²) in [5, 5.41) is 0. The van der Waals surface area contributed by atoms with Gasteiger partial charge < -0.3 is 9.29 Å². The van der Waals surface area contributed by atoms with Crippen molar-refractivity contribution in [3.05, 3.63) is 0 Å². The quantitative estimate of drug-likeness (QED) is 0.397. The second-order valence-corrected chi connectivity index (χ2v) is 4.64. The Morgan fingerprint density at radius 2 is 2.13 bits per heavy atom. The summed E-state index contributed by atoms with van der Waals surface area (Å²) < 4.78 is 24.0. The SMILES string of the molecule is CCCCCOC(=O)C(C)CCS(=O)O. The van der Waals surface area contributed by atoms with E-state index in [4.69, 9.17) is 9.29 Å². The normalized spacial score (nSPS) is 14.6. The first-order valence-corrected chi connectivity index (χ1v) is 6.59. The molecule has 0 aromatic rings. The smallest absolute Gasteiger partial charge is 0.308 e. The zero-order valence-electron chi connectivity index (χ0n) is 9.40. The Balaban J connectivity index is 3.55. The molecule has 4 nitrogen and oxygen atoms in total. The molecule has 0 aromatic carbocycles. The zero-order chi connectivity index (χ0) is 11.7. The summed E-state index contributed by atoms with van der Waals surface area (Å²) in [5.74, 6) is -0.426. The van der Waals surface area contributed by atoms with Gasteiger partial charge in [0.1, 0.15) is 0 Å². The van der Waals surface area contributed by atoms with Gasteiger partial charge in [0.05, 0.1) is 18.3 Å². The van der Waals surface area contributed by atoms with Crippen molar-refractivity contribution >= 4 is 17.0 Å². The Bertz CT molecular complexity index is 206. The fourth-order valence-electron chi connectivity index (χ4n) is 1.06. The van der Waals surface area contributed by atoms with Crippen molar-refractivity contribution in [2.75, 3.05) is 12.4 Å². The summed E-state index contributed by atoms with van der Waals surface area (Å²) in [4.78, 5) is 11.3. The molecule has 0 aliphatic heterocycles. The molecule has 0 radical (unpaired) electrons. The molecule has 0 bridgehead atoms. The minimum absolute atomic E-state index is 0.130. The third-order valence-electron chi connectivity index (χ3n) is 2.12. The Hall–Kier alpha value is -0.420. The van der Waals surface area contributed by atoms with E-state index in [1.54, 1.807) is 6.92 Å². The third kappa shape index (κ3) is 8.57. The van der Waals surface area contributed by atoms with Crippen molar-refractivity contribution in [3.8, 4) is 0 Å². The van der Waals surface area contributed by atoms with Crippen LogP contribution in [0, 0.1) is 5.92 Å². The van der Waals surface area contributed by atoms with Gasteiger partial charge in [0.2, 0.25) is 0 Å². The first kappa shape index (κ1) is 14.6. The van der Waals surface area contributed by atoms with Gasteiger partial charge in [0.25, 0.3) is 0 Å². The van der Waals surface area contributed by atoms with Gasteiger partial charge in [0, 0.05) is 0 Å².